The second kappa shape index (κ2) is 4.18. The molecule has 1 N–H and O–H groups in total. The molecule has 0 saturated carbocycles. The van der Waals surface area contributed by atoms with Crippen LogP contribution in [-0.4, -0.2) is 16.7 Å². The van der Waals surface area contributed by atoms with Gasteiger partial charge in [0.1, 0.15) is 5.71 Å². The van der Waals surface area contributed by atoms with Gasteiger partial charge in [-0.1, -0.05) is 21.1 Å². The maximum Gasteiger partial charge on any atom is 0.210 e. The molecule has 0 fully saturated rings. The van der Waals surface area contributed by atoms with Crippen LogP contribution in [0.5, 0.6) is 0 Å². The van der Waals surface area contributed by atoms with Gasteiger partial charge in [-0.15, -0.1) is 0 Å². The van der Waals surface area contributed by atoms with Gasteiger partial charge in [0.2, 0.25) is 5.78 Å². The van der Waals surface area contributed by atoms with Gasteiger partial charge in [-0.05, 0) is 31.2 Å². The van der Waals surface area contributed by atoms with Crippen LogP contribution in [0.2, 0.25) is 0 Å². The highest BCUT2D eigenvalue weighted by Crippen LogP contribution is 2.11. The van der Waals surface area contributed by atoms with E-state index in [4.69, 9.17) is 5.21 Å². The van der Waals surface area contributed by atoms with Crippen LogP contribution in [0.25, 0.3) is 0 Å². The van der Waals surface area contributed by atoms with E-state index in [1.54, 1.807) is 24.3 Å². The molecule has 68 valence electrons. The number of rotatable bonds is 2. The monoisotopic (exact) mass is 241 g/mol. The summed E-state index contributed by atoms with van der Waals surface area (Å²) in [5.74, 6) is -0.269. The van der Waals surface area contributed by atoms with Gasteiger partial charge in [-0.25, -0.2) is 0 Å². The molecule has 1 aromatic rings. The SMILES string of the molecule is C/C(=N/O)C(=O)c1ccc(Br)cc1. The lowest BCUT2D eigenvalue weighted by atomic mass is 10.1. The molecule has 0 saturated heterocycles. The largest absolute Gasteiger partial charge is 0.411 e. The minimum atomic E-state index is -0.269. The van der Waals surface area contributed by atoms with Crippen molar-refractivity contribution in [2.45, 2.75) is 6.92 Å². The van der Waals surface area contributed by atoms with Crippen LogP contribution in [0, 0.1) is 0 Å². The normalized spacial score (nSPS) is 11.4. The summed E-state index contributed by atoms with van der Waals surface area (Å²) in [5.41, 5.74) is 0.598. The smallest absolute Gasteiger partial charge is 0.210 e. The molecule has 0 aliphatic heterocycles. The molecule has 0 atom stereocenters. The molecule has 3 nitrogen and oxygen atoms in total. The third-order valence-electron chi connectivity index (χ3n) is 1.59. The van der Waals surface area contributed by atoms with E-state index in [2.05, 4.69) is 21.1 Å². The number of hydrogen-bond donors (Lipinski definition) is 1. The van der Waals surface area contributed by atoms with E-state index < -0.39 is 0 Å². The predicted molar refractivity (Wildman–Crippen MR) is 53.4 cm³/mol. The summed E-state index contributed by atoms with van der Waals surface area (Å²) in [7, 11) is 0. The Labute approximate surface area is 84.2 Å². The zero-order valence-electron chi connectivity index (χ0n) is 6.99. The van der Waals surface area contributed by atoms with E-state index in [0.29, 0.717) is 5.56 Å². The maximum absolute atomic E-state index is 11.4. The van der Waals surface area contributed by atoms with Gasteiger partial charge in [0.05, 0.1) is 0 Å². The first-order valence-electron chi connectivity index (χ1n) is 3.64. The Bertz CT molecular complexity index is 343. The fourth-order valence-corrected chi connectivity index (χ4v) is 1.12. The number of ketones is 1. The van der Waals surface area contributed by atoms with Crippen LogP contribution in [0.1, 0.15) is 17.3 Å². The second-order valence-electron chi connectivity index (χ2n) is 2.52. The third kappa shape index (κ3) is 2.39. The number of carbonyl (C=O) groups excluding carboxylic acids is 1. The van der Waals surface area contributed by atoms with Crippen molar-refractivity contribution in [3.8, 4) is 0 Å². The Morgan fingerprint density at radius 3 is 2.38 bits per heavy atom. The molecule has 0 unspecified atom stereocenters. The topological polar surface area (TPSA) is 49.7 Å². The standard InChI is InChI=1S/C9H8BrNO2/c1-6(11-13)9(12)7-2-4-8(10)5-3-7/h2-5,13H,1H3/b11-6-. The Balaban J connectivity index is 2.97. The highest BCUT2D eigenvalue weighted by molar-refractivity contribution is 9.10. The number of oxime groups is 1. The van der Waals surface area contributed by atoms with Crippen molar-refractivity contribution in [1.29, 1.82) is 0 Å². The van der Waals surface area contributed by atoms with Crippen LogP contribution < -0.4 is 0 Å². The number of carbonyl (C=O) groups is 1. The average molecular weight is 242 g/mol. The van der Waals surface area contributed by atoms with Crippen molar-refractivity contribution in [3.05, 3.63) is 34.3 Å². The Hall–Kier alpha value is -1.16. The van der Waals surface area contributed by atoms with E-state index in [9.17, 15) is 4.79 Å². The zero-order chi connectivity index (χ0) is 9.84. The molecule has 13 heavy (non-hydrogen) atoms. The highest BCUT2D eigenvalue weighted by atomic mass is 79.9. The summed E-state index contributed by atoms with van der Waals surface area (Å²) in [4.78, 5) is 11.4. The molecule has 0 aliphatic rings. The van der Waals surface area contributed by atoms with Crippen molar-refractivity contribution in [2.75, 3.05) is 0 Å². The summed E-state index contributed by atoms with van der Waals surface area (Å²) in [6.07, 6.45) is 0. The molecule has 0 heterocycles. The molecule has 1 aromatic carbocycles. The van der Waals surface area contributed by atoms with Gasteiger partial charge >= 0.3 is 0 Å². The first kappa shape index (κ1) is 9.92. The van der Waals surface area contributed by atoms with Crippen LogP contribution in [0.15, 0.2) is 33.9 Å². The van der Waals surface area contributed by atoms with E-state index in [0.717, 1.165) is 4.47 Å². The van der Waals surface area contributed by atoms with Crippen LogP contribution in [0.4, 0.5) is 0 Å². The molecular weight excluding hydrogens is 234 g/mol. The number of hydrogen-bond acceptors (Lipinski definition) is 3. The minimum absolute atomic E-state index is 0.0855. The van der Waals surface area contributed by atoms with E-state index in [1.807, 2.05) is 0 Å². The molecule has 0 aromatic heterocycles. The minimum Gasteiger partial charge on any atom is -0.411 e. The summed E-state index contributed by atoms with van der Waals surface area (Å²) in [5, 5.41) is 11.2. The lowest BCUT2D eigenvalue weighted by molar-refractivity contribution is 0.106. The highest BCUT2D eigenvalue weighted by Gasteiger charge is 2.08. The first-order chi connectivity index (χ1) is 6.15. The molecule has 1 rings (SSSR count). The van der Waals surface area contributed by atoms with Gasteiger partial charge in [-0.3, -0.25) is 4.79 Å². The molecule has 0 spiro atoms. The number of nitrogens with zero attached hydrogens (tertiary/aromatic N) is 1. The maximum atomic E-state index is 11.4. The van der Waals surface area contributed by atoms with Crippen LogP contribution >= 0.6 is 15.9 Å². The lowest BCUT2D eigenvalue weighted by Crippen LogP contribution is -2.09. The summed E-state index contributed by atoms with van der Waals surface area (Å²) >= 11 is 3.26. The quantitative estimate of drug-likeness (QED) is 0.375. The van der Waals surface area contributed by atoms with Crippen molar-refractivity contribution < 1.29 is 10.0 Å². The number of benzene rings is 1. The second-order valence-corrected chi connectivity index (χ2v) is 3.44. The lowest BCUT2D eigenvalue weighted by Gasteiger charge is -1.97. The van der Waals surface area contributed by atoms with Crippen molar-refractivity contribution in [3.63, 3.8) is 0 Å². The van der Waals surface area contributed by atoms with Gasteiger partial charge in [-0.2, -0.15) is 0 Å². The molecule has 0 amide bonds. The third-order valence-corrected chi connectivity index (χ3v) is 2.11. The van der Waals surface area contributed by atoms with Gasteiger partial charge in [0.15, 0.2) is 0 Å². The van der Waals surface area contributed by atoms with Gasteiger partial charge in [0, 0.05) is 10.0 Å². The fourth-order valence-electron chi connectivity index (χ4n) is 0.856. The fraction of sp³-hybridized carbons (Fsp3) is 0.111. The molecular formula is C9H8BrNO2. The van der Waals surface area contributed by atoms with Crippen LogP contribution in [-0.2, 0) is 0 Å². The zero-order valence-corrected chi connectivity index (χ0v) is 8.58. The summed E-state index contributed by atoms with van der Waals surface area (Å²) in [6.45, 7) is 1.46. The first-order valence-corrected chi connectivity index (χ1v) is 4.43. The van der Waals surface area contributed by atoms with Gasteiger partial charge < -0.3 is 5.21 Å². The van der Waals surface area contributed by atoms with Crippen molar-refractivity contribution in [2.24, 2.45) is 5.16 Å². The molecule has 4 heteroatoms. The predicted octanol–water partition coefficient (Wildman–Crippen LogP) is 2.48. The van der Waals surface area contributed by atoms with Gasteiger partial charge in [0.25, 0.3) is 0 Å². The van der Waals surface area contributed by atoms with Crippen LogP contribution in [0.3, 0.4) is 0 Å². The average Bonchev–Trinajstić information content (AvgIpc) is 2.17. The Morgan fingerprint density at radius 2 is 1.92 bits per heavy atom. The van der Waals surface area contributed by atoms with E-state index in [-0.39, 0.29) is 11.5 Å². The Morgan fingerprint density at radius 1 is 1.38 bits per heavy atom. The molecule has 0 radical (unpaired) electrons. The van der Waals surface area contributed by atoms with Crippen molar-refractivity contribution in [1.82, 2.24) is 0 Å². The van der Waals surface area contributed by atoms with E-state index >= 15 is 0 Å². The summed E-state index contributed by atoms with van der Waals surface area (Å²) in [6, 6.07) is 6.86. The Kier molecular flexibility index (Phi) is 3.19. The van der Waals surface area contributed by atoms with E-state index in [1.165, 1.54) is 6.92 Å². The van der Waals surface area contributed by atoms with Crippen molar-refractivity contribution >= 4 is 27.4 Å². The molecule has 0 aliphatic carbocycles. The number of halogens is 1. The molecule has 0 bridgehead atoms. The number of Topliss-reactive ketones (excluding diaryl/α,β-unsaturated/α-hetero) is 1. The summed E-state index contributed by atoms with van der Waals surface area (Å²) < 4.78 is 0.905.